The van der Waals surface area contributed by atoms with E-state index in [1.54, 1.807) is 53.1 Å². The van der Waals surface area contributed by atoms with Gasteiger partial charge in [0.25, 0.3) is 0 Å². The summed E-state index contributed by atoms with van der Waals surface area (Å²) < 4.78 is 25.6. The van der Waals surface area contributed by atoms with Gasteiger partial charge in [-0.25, -0.2) is 8.42 Å². The largest absolute Gasteiger partial charge is 0.367 e. The summed E-state index contributed by atoms with van der Waals surface area (Å²) in [6, 6.07) is 10.3. The van der Waals surface area contributed by atoms with Crippen molar-refractivity contribution in [2.24, 2.45) is 0 Å². The second-order valence-electron chi connectivity index (χ2n) is 7.98. The molecule has 0 unspecified atom stereocenters. The molecule has 0 aliphatic carbocycles. The second kappa shape index (κ2) is 9.40. The summed E-state index contributed by atoms with van der Waals surface area (Å²) in [4.78, 5) is 19.3. The van der Waals surface area contributed by atoms with Crippen LogP contribution in [0, 0.1) is 0 Å². The molecular formula is C22H26ClN3O3S2. The molecule has 2 aliphatic rings. The van der Waals surface area contributed by atoms with Crippen LogP contribution in [0.15, 0.2) is 52.4 Å². The van der Waals surface area contributed by atoms with Gasteiger partial charge in [0.05, 0.1) is 16.5 Å². The number of sulfone groups is 1. The maximum absolute atomic E-state index is 12.8. The van der Waals surface area contributed by atoms with Crippen LogP contribution in [0.2, 0.25) is 5.02 Å². The zero-order valence-electron chi connectivity index (χ0n) is 17.5. The fraction of sp³-hybridized carbons (Fsp3) is 0.409. The van der Waals surface area contributed by atoms with Crippen molar-refractivity contribution in [1.29, 1.82) is 0 Å². The summed E-state index contributed by atoms with van der Waals surface area (Å²) in [5, 5.41) is 4.51. The van der Waals surface area contributed by atoms with Crippen LogP contribution in [0.25, 0.3) is 10.8 Å². The lowest BCUT2D eigenvalue weighted by Gasteiger charge is -2.35. The normalized spacial score (nSPS) is 17.9. The summed E-state index contributed by atoms with van der Waals surface area (Å²) in [6.07, 6.45) is 0.00548. The lowest BCUT2D eigenvalue weighted by molar-refractivity contribution is -0.132. The zero-order valence-corrected chi connectivity index (χ0v) is 19.8. The van der Waals surface area contributed by atoms with E-state index in [4.69, 9.17) is 11.6 Å². The van der Waals surface area contributed by atoms with Crippen molar-refractivity contribution in [2.45, 2.75) is 11.3 Å². The predicted octanol–water partition coefficient (Wildman–Crippen LogP) is 3.28. The van der Waals surface area contributed by atoms with E-state index >= 15 is 0 Å². The number of nitrogens with zero attached hydrogens (tertiary/aromatic N) is 3. The third kappa shape index (κ3) is 5.37. The molecule has 0 spiro atoms. The Hall–Kier alpha value is -1.74. The number of amides is 1. The summed E-state index contributed by atoms with van der Waals surface area (Å²) in [7, 11) is -1.44. The highest BCUT2D eigenvalue weighted by atomic mass is 35.5. The highest BCUT2D eigenvalue weighted by Gasteiger charge is 2.25. The minimum Gasteiger partial charge on any atom is -0.367 e. The van der Waals surface area contributed by atoms with Gasteiger partial charge >= 0.3 is 0 Å². The number of fused-ring (bicyclic) bond motifs is 1. The fourth-order valence-corrected chi connectivity index (χ4v) is 6.20. The number of hydrogen-bond acceptors (Lipinski definition) is 6. The second-order valence-corrected chi connectivity index (χ2v) is 11.4. The van der Waals surface area contributed by atoms with Gasteiger partial charge in [-0.15, -0.1) is 11.8 Å². The molecular weight excluding hydrogens is 454 g/mol. The van der Waals surface area contributed by atoms with Crippen LogP contribution >= 0.6 is 23.4 Å². The first-order chi connectivity index (χ1) is 14.8. The van der Waals surface area contributed by atoms with E-state index in [-0.39, 0.29) is 23.0 Å². The van der Waals surface area contributed by atoms with Gasteiger partial charge in [0.2, 0.25) is 5.91 Å². The summed E-state index contributed by atoms with van der Waals surface area (Å²) in [6.45, 7) is 3.79. The SMILES string of the molecule is CN1CSC=C1CN1CCN(C(=O)CCS(=O)(=O)c2ccc3cc(Cl)ccc3c2)CC1. The van der Waals surface area contributed by atoms with Crippen molar-refractivity contribution < 1.29 is 13.2 Å². The monoisotopic (exact) mass is 479 g/mol. The molecule has 4 rings (SSSR count). The topological polar surface area (TPSA) is 60.9 Å². The molecule has 1 fully saturated rings. The van der Waals surface area contributed by atoms with Crippen molar-refractivity contribution in [2.75, 3.05) is 51.4 Å². The van der Waals surface area contributed by atoms with Gasteiger partial charge in [-0.2, -0.15) is 0 Å². The molecule has 0 radical (unpaired) electrons. The van der Waals surface area contributed by atoms with Crippen molar-refractivity contribution in [3.63, 3.8) is 0 Å². The Morgan fingerprint density at radius 1 is 1.06 bits per heavy atom. The summed E-state index contributed by atoms with van der Waals surface area (Å²) in [5.74, 6) is 0.719. The van der Waals surface area contributed by atoms with Crippen LogP contribution in [-0.2, 0) is 14.6 Å². The number of thioether (sulfide) groups is 1. The Bertz CT molecular complexity index is 1110. The van der Waals surface area contributed by atoms with E-state index in [2.05, 4.69) is 22.3 Å². The van der Waals surface area contributed by atoms with Gasteiger partial charge in [0.15, 0.2) is 9.84 Å². The van der Waals surface area contributed by atoms with Gasteiger partial charge in [-0.3, -0.25) is 9.69 Å². The first-order valence-corrected chi connectivity index (χ1v) is 13.3. The first kappa shape index (κ1) is 22.5. The molecule has 1 saturated heterocycles. The molecule has 0 aromatic heterocycles. The van der Waals surface area contributed by atoms with E-state index in [1.165, 1.54) is 5.70 Å². The molecule has 0 atom stereocenters. The standard InChI is InChI=1S/C22H26ClN3O3S2/c1-24-16-30-15-20(24)14-25-7-9-26(10-8-25)22(27)6-11-31(28,29)21-5-3-17-12-19(23)4-2-18(17)13-21/h2-5,12-13,15H,6-11,14,16H2,1H3. The van der Waals surface area contributed by atoms with Crippen LogP contribution in [0.3, 0.4) is 0 Å². The maximum atomic E-state index is 12.8. The van der Waals surface area contributed by atoms with E-state index < -0.39 is 9.84 Å². The van der Waals surface area contributed by atoms with E-state index in [0.717, 1.165) is 36.3 Å². The fourth-order valence-electron chi connectivity index (χ4n) is 3.85. The van der Waals surface area contributed by atoms with Gasteiger partial charge < -0.3 is 9.80 Å². The Kier molecular flexibility index (Phi) is 6.81. The minimum absolute atomic E-state index is 0.00548. The van der Waals surface area contributed by atoms with Crippen LogP contribution in [0.4, 0.5) is 0 Å². The maximum Gasteiger partial charge on any atom is 0.223 e. The Morgan fingerprint density at radius 3 is 2.48 bits per heavy atom. The smallest absolute Gasteiger partial charge is 0.223 e. The van der Waals surface area contributed by atoms with Crippen molar-refractivity contribution in [1.82, 2.24) is 14.7 Å². The summed E-state index contributed by atoms with van der Waals surface area (Å²) >= 11 is 7.80. The average molecular weight is 480 g/mol. The molecule has 0 N–H and O–H groups in total. The van der Waals surface area contributed by atoms with Gasteiger partial charge in [0, 0.05) is 56.9 Å². The average Bonchev–Trinajstić information content (AvgIpc) is 3.16. The molecule has 6 nitrogen and oxygen atoms in total. The Balaban J connectivity index is 1.30. The zero-order chi connectivity index (χ0) is 22.0. The van der Waals surface area contributed by atoms with Crippen LogP contribution in [0.5, 0.6) is 0 Å². The van der Waals surface area contributed by atoms with Gasteiger partial charge in [-0.05, 0) is 40.4 Å². The molecule has 0 bridgehead atoms. The van der Waals surface area contributed by atoms with Gasteiger partial charge in [-0.1, -0.05) is 23.7 Å². The Morgan fingerprint density at radius 2 is 1.77 bits per heavy atom. The summed E-state index contributed by atoms with van der Waals surface area (Å²) in [5.41, 5.74) is 1.31. The molecule has 0 saturated carbocycles. The van der Waals surface area contributed by atoms with Crippen LogP contribution < -0.4 is 0 Å². The molecule has 2 aromatic rings. The quantitative estimate of drug-likeness (QED) is 0.633. The molecule has 1 amide bonds. The molecule has 9 heteroatoms. The number of hydrogen-bond donors (Lipinski definition) is 0. The molecule has 2 heterocycles. The van der Waals surface area contributed by atoms with Crippen LogP contribution in [-0.4, -0.2) is 80.4 Å². The third-order valence-electron chi connectivity index (χ3n) is 5.81. The van der Waals surface area contributed by atoms with E-state index in [1.807, 2.05) is 0 Å². The predicted molar refractivity (Wildman–Crippen MR) is 127 cm³/mol. The Labute approximate surface area is 192 Å². The first-order valence-electron chi connectivity index (χ1n) is 10.3. The number of carbonyl (C=O) groups is 1. The third-order valence-corrected chi connectivity index (χ3v) is 8.73. The number of halogens is 1. The number of benzene rings is 2. The molecule has 31 heavy (non-hydrogen) atoms. The highest BCUT2D eigenvalue weighted by molar-refractivity contribution is 8.02. The number of rotatable bonds is 6. The lowest BCUT2D eigenvalue weighted by Crippen LogP contribution is -2.49. The number of carbonyl (C=O) groups excluding carboxylic acids is 1. The lowest BCUT2D eigenvalue weighted by atomic mass is 10.1. The molecule has 2 aromatic carbocycles. The van der Waals surface area contributed by atoms with E-state index in [0.29, 0.717) is 18.1 Å². The molecule has 166 valence electrons. The number of likely N-dealkylation sites (N-methyl/N-ethyl adjacent to an activating group) is 1. The van der Waals surface area contributed by atoms with E-state index in [9.17, 15) is 13.2 Å². The number of piperazine rings is 1. The van der Waals surface area contributed by atoms with Crippen molar-refractivity contribution in [3.8, 4) is 0 Å². The van der Waals surface area contributed by atoms with Crippen LogP contribution in [0.1, 0.15) is 6.42 Å². The van der Waals surface area contributed by atoms with Crippen molar-refractivity contribution in [3.05, 3.63) is 52.5 Å². The highest BCUT2D eigenvalue weighted by Crippen LogP contribution is 2.24. The minimum atomic E-state index is -3.53. The van der Waals surface area contributed by atoms with Crippen molar-refractivity contribution >= 4 is 49.9 Å². The molecule has 2 aliphatic heterocycles. The van der Waals surface area contributed by atoms with Gasteiger partial charge in [0.1, 0.15) is 0 Å².